The van der Waals surface area contributed by atoms with Crippen molar-refractivity contribution in [1.82, 2.24) is 0 Å². The van der Waals surface area contributed by atoms with Gasteiger partial charge in [-0.15, -0.1) is 0 Å². The van der Waals surface area contributed by atoms with Crippen LogP contribution in [0.1, 0.15) is 29.2 Å². The van der Waals surface area contributed by atoms with E-state index in [9.17, 15) is 10.1 Å². The van der Waals surface area contributed by atoms with E-state index in [0.717, 1.165) is 11.1 Å². The van der Waals surface area contributed by atoms with Crippen molar-refractivity contribution < 1.29 is 14.3 Å². The predicted molar refractivity (Wildman–Crippen MR) is 127 cm³/mol. The second-order valence-electron chi connectivity index (χ2n) is 7.40. The summed E-state index contributed by atoms with van der Waals surface area (Å²) in [6, 6.07) is 22.9. The number of carbonyl (C=O) groups excluding carboxylic acids is 1. The van der Waals surface area contributed by atoms with Crippen LogP contribution in [0.2, 0.25) is 0 Å². The van der Waals surface area contributed by atoms with E-state index in [1.54, 1.807) is 30.3 Å². The van der Waals surface area contributed by atoms with Crippen LogP contribution in [0.4, 0.5) is 5.69 Å². The highest BCUT2D eigenvalue weighted by Gasteiger charge is 2.12. The third-order valence-corrected chi connectivity index (χ3v) is 4.77. The Hall–Kier alpha value is -4.04. The van der Waals surface area contributed by atoms with Gasteiger partial charge in [0.1, 0.15) is 18.2 Å². The Kier molecular flexibility index (Phi) is 7.66. The van der Waals surface area contributed by atoms with E-state index in [0.29, 0.717) is 36.0 Å². The minimum atomic E-state index is -0.464. The molecule has 3 aromatic rings. The van der Waals surface area contributed by atoms with E-state index in [1.165, 1.54) is 11.6 Å². The SMILES string of the molecule is CCOc1cc(/C=C(\C#N)C(=O)Nc2ccc(C)cc2)ccc1OCc1ccc(C)cc1. The Labute approximate surface area is 188 Å². The molecule has 0 heterocycles. The van der Waals surface area contributed by atoms with Crippen LogP contribution in [-0.2, 0) is 11.4 Å². The smallest absolute Gasteiger partial charge is 0.266 e. The minimum absolute atomic E-state index is 0.00125. The van der Waals surface area contributed by atoms with Crippen molar-refractivity contribution in [3.63, 3.8) is 0 Å². The fourth-order valence-corrected chi connectivity index (χ4v) is 3.00. The number of anilines is 1. The number of nitrogens with one attached hydrogen (secondary N) is 1. The molecule has 0 bridgehead atoms. The number of nitriles is 1. The number of nitrogens with zero attached hydrogens (tertiary/aromatic N) is 1. The Morgan fingerprint density at radius 2 is 1.59 bits per heavy atom. The van der Waals surface area contributed by atoms with Crippen molar-refractivity contribution in [3.8, 4) is 17.6 Å². The molecule has 0 fully saturated rings. The van der Waals surface area contributed by atoms with Gasteiger partial charge >= 0.3 is 0 Å². The zero-order chi connectivity index (χ0) is 22.9. The average Bonchev–Trinajstić information content (AvgIpc) is 2.79. The summed E-state index contributed by atoms with van der Waals surface area (Å²) in [6.45, 7) is 6.78. The first-order valence-corrected chi connectivity index (χ1v) is 10.4. The molecule has 0 spiro atoms. The van der Waals surface area contributed by atoms with Crippen molar-refractivity contribution in [3.05, 3.63) is 94.6 Å². The first kappa shape index (κ1) is 22.6. The molecule has 3 aromatic carbocycles. The third-order valence-electron chi connectivity index (χ3n) is 4.77. The van der Waals surface area contributed by atoms with Crippen molar-refractivity contribution in [2.45, 2.75) is 27.4 Å². The first-order valence-electron chi connectivity index (χ1n) is 10.4. The molecule has 0 saturated carbocycles. The van der Waals surface area contributed by atoms with Gasteiger partial charge in [-0.2, -0.15) is 5.26 Å². The number of rotatable bonds is 8. The average molecular weight is 427 g/mol. The third kappa shape index (κ3) is 6.23. The molecular weight excluding hydrogens is 400 g/mol. The highest BCUT2D eigenvalue weighted by molar-refractivity contribution is 6.09. The summed E-state index contributed by atoms with van der Waals surface area (Å²) in [5.74, 6) is 0.700. The summed E-state index contributed by atoms with van der Waals surface area (Å²) in [5, 5.41) is 12.3. The standard InChI is InChI=1S/C27H26N2O3/c1-4-31-26-16-22(11-14-25(26)32-18-21-9-5-19(2)6-10-21)15-23(17-28)27(30)29-24-12-7-20(3)8-13-24/h5-16H,4,18H2,1-3H3,(H,29,30)/b23-15+. The number of amides is 1. The summed E-state index contributed by atoms with van der Waals surface area (Å²) in [4.78, 5) is 12.5. The molecule has 5 heteroatoms. The summed E-state index contributed by atoms with van der Waals surface area (Å²) in [6.07, 6.45) is 1.54. The highest BCUT2D eigenvalue weighted by Crippen LogP contribution is 2.30. The maximum absolute atomic E-state index is 12.5. The Balaban J connectivity index is 1.76. The zero-order valence-electron chi connectivity index (χ0n) is 18.5. The Morgan fingerprint density at radius 1 is 0.938 bits per heavy atom. The van der Waals surface area contributed by atoms with E-state index in [1.807, 2.05) is 63.2 Å². The molecule has 0 saturated heterocycles. The molecule has 3 rings (SSSR count). The fourth-order valence-electron chi connectivity index (χ4n) is 3.00. The van der Waals surface area contributed by atoms with Crippen LogP contribution in [-0.4, -0.2) is 12.5 Å². The predicted octanol–water partition coefficient (Wildman–Crippen LogP) is 5.83. The second kappa shape index (κ2) is 10.8. The quantitative estimate of drug-likeness (QED) is 0.363. The summed E-state index contributed by atoms with van der Waals surface area (Å²) >= 11 is 0. The van der Waals surface area contributed by atoms with Gasteiger partial charge in [-0.25, -0.2) is 0 Å². The molecule has 0 aromatic heterocycles. The van der Waals surface area contributed by atoms with Gasteiger partial charge in [0.25, 0.3) is 5.91 Å². The van der Waals surface area contributed by atoms with Crippen LogP contribution in [0.15, 0.2) is 72.3 Å². The lowest BCUT2D eigenvalue weighted by Gasteiger charge is -2.13. The number of carbonyl (C=O) groups is 1. The van der Waals surface area contributed by atoms with Crippen LogP contribution < -0.4 is 14.8 Å². The molecule has 1 N–H and O–H groups in total. The number of aryl methyl sites for hydroxylation is 2. The molecule has 162 valence electrons. The maximum Gasteiger partial charge on any atom is 0.266 e. The van der Waals surface area contributed by atoms with Gasteiger partial charge in [0, 0.05) is 5.69 Å². The largest absolute Gasteiger partial charge is 0.490 e. The molecule has 0 unspecified atom stereocenters. The van der Waals surface area contributed by atoms with Crippen LogP contribution in [0, 0.1) is 25.2 Å². The van der Waals surface area contributed by atoms with Crippen LogP contribution in [0.3, 0.4) is 0 Å². The lowest BCUT2D eigenvalue weighted by molar-refractivity contribution is -0.112. The minimum Gasteiger partial charge on any atom is -0.490 e. The van der Waals surface area contributed by atoms with E-state index >= 15 is 0 Å². The lowest BCUT2D eigenvalue weighted by Crippen LogP contribution is -2.13. The summed E-state index contributed by atoms with van der Waals surface area (Å²) in [5.41, 5.74) is 4.65. The second-order valence-corrected chi connectivity index (χ2v) is 7.40. The van der Waals surface area contributed by atoms with Gasteiger partial charge in [-0.05, 0) is 62.2 Å². The van der Waals surface area contributed by atoms with Gasteiger partial charge < -0.3 is 14.8 Å². The zero-order valence-corrected chi connectivity index (χ0v) is 18.5. The van der Waals surface area contributed by atoms with Gasteiger partial charge in [-0.1, -0.05) is 53.6 Å². The topological polar surface area (TPSA) is 71.3 Å². The van der Waals surface area contributed by atoms with E-state index < -0.39 is 5.91 Å². The fraction of sp³-hybridized carbons (Fsp3) is 0.185. The summed E-state index contributed by atoms with van der Waals surface area (Å²) < 4.78 is 11.7. The number of hydrogen-bond donors (Lipinski definition) is 1. The van der Waals surface area contributed by atoms with Crippen molar-refractivity contribution >= 4 is 17.7 Å². The molecule has 1 amide bonds. The molecule has 0 aliphatic rings. The Bertz CT molecular complexity index is 1140. The molecule has 0 aliphatic heterocycles. The van der Waals surface area contributed by atoms with Crippen molar-refractivity contribution in [2.24, 2.45) is 0 Å². The lowest BCUT2D eigenvalue weighted by atomic mass is 10.1. The van der Waals surface area contributed by atoms with E-state index in [-0.39, 0.29) is 5.57 Å². The van der Waals surface area contributed by atoms with Gasteiger partial charge in [0.05, 0.1) is 6.61 Å². The van der Waals surface area contributed by atoms with E-state index in [2.05, 4.69) is 5.32 Å². The number of benzene rings is 3. The maximum atomic E-state index is 12.5. The van der Waals surface area contributed by atoms with Gasteiger partial charge in [0.2, 0.25) is 0 Å². The number of hydrogen-bond acceptors (Lipinski definition) is 4. The molecule has 0 atom stereocenters. The molecule has 5 nitrogen and oxygen atoms in total. The normalized spacial score (nSPS) is 10.9. The van der Waals surface area contributed by atoms with Crippen molar-refractivity contribution in [1.29, 1.82) is 5.26 Å². The monoisotopic (exact) mass is 426 g/mol. The van der Waals surface area contributed by atoms with Crippen LogP contribution in [0.5, 0.6) is 11.5 Å². The highest BCUT2D eigenvalue weighted by atomic mass is 16.5. The molecule has 32 heavy (non-hydrogen) atoms. The van der Waals surface area contributed by atoms with Gasteiger partial charge in [0.15, 0.2) is 11.5 Å². The molecule has 0 radical (unpaired) electrons. The van der Waals surface area contributed by atoms with Crippen LogP contribution in [0.25, 0.3) is 6.08 Å². The van der Waals surface area contributed by atoms with E-state index in [4.69, 9.17) is 9.47 Å². The van der Waals surface area contributed by atoms with Crippen molar-refractivity contribution in [2.75, 3.05) is 11.9 Å². The van der Waals surface area contributed by atoms with Gasteiger partial charge in [-0.3, -0.25) is 4.79 Å². The number of ether oxygens (including phenoxy) is 2. The molecular formula is C27H26N2O3. The van der Waals surface area contributed by atoms with Crippen LogP contribution >= 0.6 is 0 Å². The first-order chi connectivity index (χ1) is 15.5. The Morgan fingerprint density at radius 3 is 2.22 bits per heavy atom. The summed E-state index contributed by atoms with van der Waals surface area (Å²) in [7, 11) is 0. The molecule has 0 aliphatic carbocycles.